The molecular formula is C19H29ClN3O5+. The molecule has 1 aromatic rings. The number of carbonyl (C=O) groups excluding carboxylic acids is 3. The first kappa shape index (κ1) is 23.7. The van der Waals surface area contributed by atoms with Crippen molar-refractivity contribution in [2.24, 2.45) is 5.92 Å². The first-order valence-electron chi connectivity index (χ1n) is 9.03. The predicted molar refractivity (Wildman–Crippen MR) is 107 cm³/mol. The summed E-state index contributed by atoms with van der Waals surface area (Å²) in [6, 6.07) is 4.20. The van der Waals surface area contributed by atoms with Gasteiger partial charge in [0.25, 0.3) is 11.8 Å². The standard InChI is InChI=1S/C19H28ClN3O5/c1-6-12(2)18(19(26)28-5)22-17(25)11-23(3)10-16(24)21-14-9-13(20)7-8-15(14)27-4/h7-9,12,18H,6,10-11H2,1-5H3,(H,21,24)(H,22,25)/p+1/t12-,18+/m1/s1. The third-order valence-electron chi connectivity index (χ3n) is 4.34. The first-order chi connectivity index (χ1) is 13.2. The van der Waals surface area contributed by atoms with Gasteiger partial charge in [-0.05, 0) is 24.1 Å². The molecule has 0 saturated heterocycles. The molecule has 28 heavy (non-hydrogen) atoms. The van der Waals surface area contributed by atoms with Crippen molar-refractivity contribution in [3.05, 3.63) is 23.2 Å². The highest BCUT2D eigenvalue weighted by molar-refractivity contribution is 6.31. The lowest BCUT2D eigenvalue weighted by Gasteiger charge is -2.22. The van der Waals surface area contributed by atoms with E-state index in [1.807, 2.05) is 13.8 Å². The minimum absolute atomic E-state index is 0.0318. The van der Waals surface area contributed by atoms with E-state index >= 15 is 0 Å². The molecule has 0 saturated carbocycles. The van der Waals surface area contributed by atoms with Crippen LogP contribution in [0.5, 0.6) is 5.75 Å². The monoisotopic (exact) mass is 414 g/mol. The van der Waals surface area contributed by atoms with Gasteiger partial charge in [-0.3, -0.25) is 9.59 Å². The molecule has 0 aliphatic heterocycles. The normalized spacial score (nSPS) is 13.8. The SMILES string of the molecule is CC[C@@H](C)[C@H](NC(=O)C[NH+](C)CC(=O)Nc1cc(Cl)ccc1OC)C(=O)OC. The van der Waals surface area contributed by atoms with E-state index in [0.717, 1.165) is 0 Å². The third-order valence-corrected chi connectivity index (χ3v) is 4.58. The van der Waals surface area contributed by atoms with Gasteiger partial charge in [0.15, 0.2) is 13.1 Å². The lowest BCUT2D eigenvalue weighted by Crippen LogP contribution is -3.11. The second kappa shape index (κ2) is 11.5. The Labute approximate surface area is 170 Å². The molecule has 1 aromatic carbocycles. The molecular weight excluding hydrogens is 386 g/mol. The number of nitrogens with one attached hydrogen (secondary N) is 3. The van der Waals surface area contributed by atoms with Gasteiger partial charge in [0, 0.05) is 5.02 Å². The van der Waals surface area contributed by atoms with Crippen LogP contribution in [0.25, 0.3) is 0 Å². The molecule has 1 unspecified atom stereocenters. The van der Waals surface area contributed by atoms with Crippen molar-refractivity contribution < 1.29 is 28.8 Å². The molecule has 0 aliphatic carbocycles. The summed E-state index contributed by atoms with van der Waals surface area (Å²) in [7, 11) is 4.50. The van der Waals surface area contributed by atoms with Crippen molar-refractivity contribution in [2.75, 3.05) is 39.7 Å². The summed E-state index contributed by atoms with van der Waals surface area (Å²) in [5.74, 6) is -0.678. The fourth-order valence-electron chi connectivity index (χ4n) is 2.60. The number of anilines is 1. The van der Waals surface area contributed by atoms with Gasteiger partial charge in [-0.2, -0.15) is 0 Å². The van der Waals surface area contributed by atoms with E-state index in [9.17, 15) is 14.4 Å². The fourth-order valence-corrected chi connectivity index (χ4v) is 2.78. The van der Waals surface area contributed by atoms with Crippen molar-refractivity contribution in [3.8, 4) is 5.75 Å². The summed E-state index contributed by atoms with van der Waals surface area (Å²) in [6.45, 7) is 3.88. The van der Waals surface area contributed by atoms with Crippen molar-refractivity contribution in [1.29, 1.82) is 0 Å². The maximum atomic E-state index is 12.3. The molecule has 0 fully saturated rings. The van der Waals surface area contributed by atoms with Crippen molar-refractivity contribution in [1.82, 2.24) is 5.32 Å². The zero-order valence-corrected chi connectivity index (χ0v) is 17.7. The average molecular weight is 415 g/mol. The van der Waals surface area contributed by atoms with Crippen LogP contribution < -0.4 is 20.3 Å². The fraction of sp³-hybridized carbons (Fsp3) is 0.526. The number of halogens is 1. The molecule has 156 valence electrons. The maximum Gasteiger partial charge on any atom is 0.328 e. The number of methoxy groups -OCH3 is 2. The Kier molecular flexibility index (Phi) is 9.75. The van der Waals surface area contributed by atoms with Crippen molar-refractivity contribution >= 4 is 35.1 Å². The smallest absolute Gasteiger partial charge is 0.328 e. The van der Waals surface area contributed by atoms with E-state index in [4.69, 9.17) is 21.1 Å². The van der Waals surface area contributed by atoms with Crippen LogP contribution in [0.1, 0.15) is 20.3 Å². The Bertz CT molecular complexity index is 698. The molecule has 3 atom stereocenters. The molecule has 1 rings (SSSR count). The summed E-state index contributed by atoms with van der Waals surface area (Å²) in [5, 5.41) is 5.89. The van der Waals surface area contributed by atoms with E-state index < -0.39 is 12.0 Å². The molecule has 8 nitrogen and oxygen atoms in total. The molecule has 0 aromatic heterocycles. The number of hydrogen-bond donors (Lipinski definition) is 3. The first-order valence-corrected chi connectivity index (χ1v) is 9.41. The van der Waals surface area contributed by atoms with Gasteiger partial charge in [-0.1, -0.05) is 31.9 Å². The van der Waals surface area contributed by atoms with Crippen LogP contribution in [0, 0.1) is 5.92 Å². The summed E-state index contributed by atoms with van der Waals surface area (Å²) in [5.41, 5.74) is 0.458. The second-order valence-electron chi connectivity index (χ2n) is 6.66. The van der Waals surface area contributed by atoms with Crippen LogP contribution in [-0.2, 0) is 19.1 Å². The van der Waals surface area contributed by atoms with Gasteiger partial charge in [0.1, 0.15) is 11.8 Å². The number of rotatable bonds is 10. The number of carbonyl (C=O) groups is 3. The van der Waals surface area contributed by atoms with Gasteiger partial charge in [-0.15, -0.1) is 0 Å². The largest absolute Gasteiger partial charge is 0.495 e. The number of likely N-dealkylation sites (N-methyl/N-ethyl adjacent to an activating group) is 1. The van der Waals surface area contributed by atoms with Gasteiger partial charge in [-0.25, -0.2) is 4.79 Å². The van der Waals surface area contributed by atoms with E-state index in [2.05, 4.69) is 10.6 Å². The number of ether oxygens (including phenoxy) is 2. The van der Waals surface area contributed by atoms with Crippen LogP contribution in [0.4, 0.5) is 5.69 Å². The molecule has 3 N–H and O–H groups in total. The minimum atomic E-state index is -0.708. The van der Waals surface area contributed by atoms with E-state index in [1.165, 1.54) is 14.2 Å². The number of benzene rings is 1. The van der Waals surface area contributed by atoms with Crippen LogP contribution in [0.15, 0.2) is 18.2 Å². The minimum Gasteiger partial charge on any atom is -0.495 e. The van der Waals surface area contributed by atoms with Crippen LogP contribution in [0.3, 0.4) is 0 Å². The quantitative estimate of drug-likeness (QED) is 0.484. The lowest BCUT2D eigenvalue weighted by molar-refractivity contribution is -0.862. The number of esters is 1. The molecule has 2 amide bonds. The molecule has 0 spiro atoms. The van der Waals surface area contributed by atoms with Crippen LogP contribution in [0.2, 0.25) is 5.02 Å². The second-order valence-corrected chi connectivity index (χ2v) is 7.09. The van der Waals surface area contributed by atoms with Gasteiger partial charge in [0.2, 0.25) is 0 Å². The Balaban J connectivity index is 2.62. The zero-order valence-electron chi connectivity index (χ0n) is 16.9. The van der Waals surface area contributed by atoms with Crippen LogP contribution in [-0.4, -0.2) is 58.2 Å². The van der Waals surface area contributed by atoms with Crippen LogP contribution >= 0.6 is 11.6 Å². The van der Waals surface area contributed by atoms with Gasteiger partial charge >= 0.3 is 5.97 Å². The van der Waals surface area contributed by atoms with Gasteiger partial charge in [0.05, 0.1) is 27.0 Å². The molecule has 0 radical (unpaired) electrons. The summed E-state index contributed by atoms with van der Waals surface area (Å²) < 4.78 is 9.95. The molecule has 0 heterocycles. The average Bonchev–Trinajstić information content (AvgIpc) is 2.64. The highest BCUT2D eigenvalue weighted by Gasteiger charge is 2.27. The van der Waals surface area contributed by atoms with E-state index in [1.54, 1.807) is 25.2 Å². The Morgan fingerprint density at radius 1 is 1.18 bits per heavy atom. The van der Waals surface area contributed by atoms with E-state index in [0.29, 0.717) is 27.8 Å². The number of hydrogen-bond acceptors (Lipinski definition) is 5. The number of quaternary nitrogens is 1. The third kappa shape index (κ3) is 7.36. The zero-order chi connectivity index (χ0) is 21.3. The van der Waals surface area contributed by atoms with Crippen molar-refractivity contribution in [2.45, 2.75) is 26.3 Å². The topological polar surface area (TPSA) is 98.2 Å². The van der Waals surface area contributed by atoms with E-state index in [-0.39, 0.29) is 30.8 Å². The highest BCUT2D eigenvalue weighted by Crippen LogP contribution is 2.27. The Morgan fingerprint density at radius 3 is 2.39 bits per heavy atom. The summed E-state index contributed by atoms with van der Waals surface area (Å²) in [4.78, 5) is 37.1. The Hall–Kier alpha value is -2.32. The van der Waals surface area contributed by atoms with Gasteiger partial charge < -0.3 is 25.0 Å². The number of amides is 2. The molecule has 0 aliphatic rings. The molecule has 9 heteroatoms. The maximum absolute atomic E-state index is 12.3. The molecule has 0 bridgehead atoms. The summed E-state index contributed by atoms with van der Waals surface area (Å²) in [6.07, 6.45) is 0.715. The van der Waals surface area contributed by atoms with Crippen molar-refractivity contribution in [3.63, 3.8) is 0 Å². The summed E-state index contributed by atoms with van der Waals surface area (Å²) >= 11 is 5.95. The highest BCUT2D eigenvalue weighted by atomic mass is 35.5. The predicted octanol–water partition coefficient (Wildman–Crippen LogP) is 0.506. The lowest BCUT2D eigenvalue weighted by atomic mass is 9.99. The Morgan fingerprint density at radius 2 is 1.82 bits per heavy atom.